The topological polar surface area (TPSA) is 65.8 Å². The molecule has 78 valence electrons. The molecule has 0 radical (unpaired) electrons. The van der Waals surface area contributed by atoms with Crippen LogP contribution in [0.15, 0.2) is 18.3 Å². The minimum atomic E-state index is -1.04. The third-order valence-corrected chi connectivity index (χ3v) is 2.09. The van der Waals surface area contributed by atoms with E-state index in [4.69, 9.17) is 5.26 Å². The molecule has 0 saturated carbocycles. The van der Waals surface area contributed by atoms with E-state index in [1.54, 1.807) is 26.1 Å². The number of pyridine rings is 1. The zero-order chi connectivity index (χ0) is 11.5. The van der Waals surface area contributed by atoms with Crippen LogP contribution in [0.2, 0.25) is 0 Å². The highest BCUT2D eigenvalue weighted by Gasteiger charge is 2.27. The Bertz CT molecular complexity index is 418. The van der Waals surface area contributed by atoms with Crippen molar-refractivity contribution in [3.05, 3.63) is 23.9 Å². The summed E-state index contributed by atoms with van der Waals surface area (Å²) in [5.41, 5.74) is -0.163. The molecule has 1 N–H and O–H groups in total. The molecule has 4 nitrogen and oxygen atoms in total. The molecule has 1 heterocycles. The van der Waals surface area contributed by atoms with Crippen LogP contribution >= 0.6 is 0 Å². The van der Waals surface area contributed by atoms with E-state index in [1.165, 1.54) is 0 Å². The van der Waals surface area contributed by atoms with Crippen LogP contribution in [0.1, 0.15) is 19.4 Å². The molecule has 0 bridgehead atoms. The van der Waals surface area contributed by atoms with E-state index in [0.717, 1.165) is 5.56 Å². The minimum absolute atomic E-state index is 0.341. The van der Waals surface area contributed by atoms with Crippen LogP contribution in [0, 0.1) is 23.7 Å². The van der Waals surface area contributed by atoms with Gasteiger partial charge in [0, 0.05) is 6.20 Å². The first-order valence-corrected chi connectivity index (χ1v) is 4.61. The second-order valence-electron chi connectivity index (χ2n) is 3.86. The molecule has 4 heteroatoms. The van der Waals surface area contributed by atoms with Crippen LogP contribution in [0.3, 0.4) is 0 Å². The van der Waals surface area contributed by atoms with Crippen LogP contribution in [0.4, 0.5) is 5.82 Å². The Hall–Kier alpha value is -1.89. The van der Waals surface area contributed by atoms with Gasteiger partial charge < -0.3 is 5.32 Å². The molecule has 0 aliphatic carbocycles. The summed E-state index contributed by atoms with van der Waals surface area (Å²) in [6.45, 7) is 4.99. The Morgan fingerprint density at radius 1 is 1.60 bits per heavy atom. The fourth-order valence-electron chi connectivity index (χ4n) is 0.931. The SMILES string of the molecule is Cc1cccnc1NC(=O)C(C)(C)C#N. The van der Waals surface area contributed by atoms with Gasteiger partial charge in [-0.3, -0.25) is 4.79 Å². The Balaban J connectivity index is 2.86. The maximum atomic E-state index is 11.6. The monoisotopic (exact) mass is 203 g/mol. The highest BCUT2D eigenvalue weighted by atomic mass is 16.2. The zero-order valence-electron chi connectivity index (χ0n) is 9.03. The molecule has 1 amide bonds. The molecule has 0 saturated heterocycles. The predicted molar refractivity (Wildman–Crippen MR) is 57.0 cm³/mol. The molecular formula is C11H13N3O. The molecule has 0 aromatic carbocycles. The van der Waals surface area contributed by atoms with Crippen molar-refractivity contribution in [1.82, 2.24) is 4.98 Å². The number of nitrogens with zero attached hydrogens (tertiary/aromatic N) is 2. The molecule has 0 unspecified atom stereocenters. The van der Waals surface area contributed by atoms with Crippen molar-refractivity contribution in [2.45, 2.75) is 20.8 Å². The zero-order valence-corrected chi connectivity index (χ0v) is 9.03. The summed E-state index contributed by atoms with van der Waals surface area (Å²) in [7, 11) is 0. The third kappa shape index (κ3) is 2.53. The first-order valence-electron chi connectivity index (χ1n) is 4.61. The molecule has 1 rings (SSSR count). The van der Waals surface area contributed by atoms with Gasteiger partial charge in [-0.2, -0.15) is 5.26 Å². The number of nitriles is 1. The fraction of sp³-hybridized carbons (Fsp3) is 0.364. The highest BCUT2D eigenvalue weighted by Crippen LogP contribution is 2.17. The molecule has 0 aliphatic heterocycles. The number of hydrogen-bond donors (Lipinski definition) is 1. The van der Waals surface area contributed by atoms with Crippen molar-refractivity contribution in [2.75, 3.05) is 5.32 Å². The first kappa shape index (κ1) is 11.2. The van der Waals surface area contributed by atoms with Gasteiger partial charge in [0.15, 0.2) is 0 Å². The minimum Gasteiger partial charge on any atom is -0.309 e. The van der Waals surface area contributed by atoms with Gasteiger partial charge in [-0.1, -0.05) is 6.07 Å². The lowest BCUT2D eigenvalue weighted by molar-refractivity contribution is -0.121. The van der Waals surface area contributed by atoms with Gasteiger partial charge in [-0.05, 0) is 32.4 Å². The maximum Gasteiger partial charge on any atom is 0.245 e. The second-order valence-corrected chi connectivity index (χ2v) is 3.86. The second kappa shape index (κ2) is 4.09. The Morgan fingerprint density at radius 3 is 2.80 bits per heavy atom. The predicted octanol–water partition coefficient (Wildman–Crippen LogP) is 1.88. The van der Waals surface area contributed by atoms with Crippen molar-refractivity contribution in [2.24, 2.45) is 5.41 Å². The Labute approximate surface area is 88.9 Å². The van der Waals surface area contributed by atoms with E-state index in [0.29, 0.717) is 5.82 Å². The molecule has 1 aromatic heterocycles. The lowest BCUT2D eigenvalue weighted by Gasteiger charge is -2.15. The Kier molecular flexibility index (Phi) is 3.05. The average Bonchev–Trinajstić information content (AvgIpc) is 2.21. The van der Waals surface area contributed by atoms with Crippen LogP contribution in [-0.2, 0) is 4.79 Å². The molecule has 0 fully saturated rings. The van der Waals surface area contributed by atoms with Crippen molar-refractivity contribution in [3.8, 4) is 6.07 Å². The number of carbonyl (C=O) groups excluding carboxylic acids is 1. The fourth-order valence-corrected chi connectivity index (χ4v) is 0.931. The van der Waals surface area contributed by atoms with E-state index >= 15 is 0 Å². The lowest BCUT2D eigenvalue weighted by atomic mass is 9.95. The van der Waals surface area contributed by atoms with Gasteiger partial charge in [0.1, 0.15) is 11.2 Å². The number of hydrogen-bond acceptors (Lipinski definition) is 3. The van der Waals surface area contributed by atoms with E-state index in [2.05, 4.69) is 10.3 Å². The van der Waals surface area contributed by atoms with Crippen LogP contribution in [0.25, 0.3) is 0 Å². The van der Waals surface area contributed by atoms with Crippen LogP contribution < -0.4 is 5.32 Å². The number of aromatic nitrogens is 1. The normalized spacial score (nSPS) is 10.5. The molecule has 0 spiro atoms. The standard InChI is InChI=1S/C11H13N3O/c1-8-5-4-6-13-9(8)14-10(15)11(2,3)7-12/h4-6H,1-3H3,(H,13,14,15). The average molecular weight is 203 g/mol. The quantitative estimate of drug-likeness (QED) is 0.798. The molecule has 0 aliphatic rings. The van der Waals surface area contributed by atoms with Crippen LogP contribution in [0.5, 0.6) is 0 Å². The first-order chi connectivity index (χ1) is 6.97. The van der Waals surface area contributed by atoms with E-state index in [1.807, 2.05) is 19.1 Å². The summed E-state index contributed by atoms with van der Waals surface area (Å²) in [4.78, 5) is 15.7. The smallest absolute Gasteiger partial charge is 0.245 e. The van der Waals surface area contributed by atoms with Crippen molar-refractivity contribution in [3.63, 3.8) is 0 Å². The van der Waals surface area contributed by atoms with Crippen molar-refractivity contribution < 1.29 is 4.79 Å². The van der Waals surface area contributed by atoms with E-state index < -0.39 is 5.41 Å². The summed E-state index contributed by atoms with van der Waals surface area (Å²) in [6, 6.07) is 5.58. The molecule has 1 aromatic rings. The number of nitrogens with one attached hydrogen (secondary N) is 1. The van der Waals surface area contributed by atoms with Crippen molar-refractivity contribution >= 4 is 11.7 Å². The van der Waals surface area contributed by atoms with Crippen LogP contribution in [-0.4, -0.2) is 10.9 Å². The highest BCUT2D eigenvalue weighted by molar-refractivity contribution is 5.96. The van der Waals surface area contributed by atoms with Gasteiger partial charge in [0.05, 0.1) is 6.07 Å². The van der Waals surface area contributed by atoms with E-state index in [-0.39, 0.29) is 5.91 Å². The summed E-state index contributed by atoms with van der Waals surface area (Å²) >= 11 is 0. The van der Waals surface area contributed by atoms with Gasteiger partial charge in [0.25, 0.3) is 0 Å². The van der Waals surface area contributed by atoms with Gasteiger partial charge in [0.2, 0.25) is 5.91 Å². The number of carbonyl (C=O) groups is 1. The largest absolute Gasteiger partial charge is 0.309 e. The maximum absolute atomic E-state index is 11.6. The summed E-state index contributed by atoms with van der Waals surface area (Å²) in [5.74, 6) is 0.164. The number of rotatable bonds is 2. The molecule has 15 heavy (non-hydrogen) atoms. The van der Waals surface area contributed by atoms with E-state index in [9.17, 15) is 4.79 Å². The van der Waals surface area contributed by atoms with Gasteiger partial charge in [-0.25, -0.2) is 4.98 Å². The summed E-state index contributed by atoms with van der Waals surface area (Å²) < 4.78 is 0. The Morgan fingerprint density at radius 2 is 2.27 bits per heavy atom. The van der Waals surface area contributed by atoms with Gasteiger partial charge >= 0.3 is 0 Å². The molecular weight excluding hydrogens is 190 g/mol. The summed E-state index contributed by atoms with van der Waals surface area (Å²) in [5, 5.41) is 11.4. The number of amides is 1. The summed E-state index contributed by atoms with van der Waals surface area (Å²) in [6.07, 6.45) is 1.60. The third-order valence-electron chi connectivity index (χ3n) is 2.09. The number of aryl methyl sites for hydroxylation is 1. The lowest BCUT2D eigenvalue weighted by Crippen LogP contribution is -2.29. The number of anilines is 1. The molecule has 0 atom stereocenters. The van der Waals surface area contributed by atoms with Gasteiger partial charge in [-0.15, -0.1) is 0 Å². The van der Waals surface area contributed by atoms with Crippen molar-refractivity contribution in [1.29, 1.82) is 5.26 Å².